The van der Waals surface area contributed by atoms with Crippen molar-refractivity contribution in [3.63, 3.8) is 0 Å². The van der Waals surface area contributed by atoms with E-state index in [1.54, 1.807) is 0 Å². The van der Waals surface area contributed by atoms with Gasteiger partial charge >= 0.3 is 0 Å². The van der Waals surface area contributed by atoms with E-state index in [4.69, 9.17) is 15.2 Å². The second-order valence-electron chi connectivity index (χ2n) is 4.72. The normalized spacial score (nSPS) is 27.3. The molecule has 2 N–H and O–H groups in total. The Labute approximate surface area is 95.5 Å². The Hall–Kier alpha value is -1.22. The third kappa shape index (κ3) is 1.65. The molecule has 2 atom stereocenters. The molecule has 1 fully saturated rings. The summed E-state index contributed by atoms with van der Waals surface area (Å²) in [6, 6.07) is 6.32. The number of fused-ring (bicyclic) bond motifs is 1. The number of hydrogen-bond donors (Lipinski definition) is 1. The van der Waals surface area contributed by atoms with Crippen LogP contribution in [0.1, 0.15) is 30.7 Å². The van der Waals surface area contributed by atoms with E-state index in [1.165, 1.54) is 24.8 Å². The predicted molar refractivity (Wildman–Crippen MR) is 61.7 cm³/mol. The molecule has 1 aliphatic carbocycles. The smallest absolute Gasteiger partial charge is 0.231 e. The first kappa shape index (κ1) is 9.97. The summed E-state index contributed by atoms with van der Waals surface area (Å²) in [5, 5.41) is 0. The molecule has 1 aromatic carbocycles. The fraction of sp³-hybridized carbons (Fsp3) is 0.538. The van der Waals surface area contributed by atoms with E-state index in [-0.39, 0.29) is 0 Å². The monoisotopic (exact) mass is 219 g/mol. The molecule has 1 aromatic rings. The molecule has 1 aliphatic heterocycles. The lowest BCUT2D eigenvalue weighted by Gasteiger charge is -2.11. The maximum atomic E-state index is 5.72. The van der Waals surface area contributed by atoms with Gasteiger partial charge in [0.2, 0.25) is 6.79 Å². The highest BCUT2D eigenvalue weighted by atomic mass is 16.7. The molecule has 2 unspecified atom stereocenters. The first-order valence-corrected chi connectivity index (χ1v) is 5.96. The summed E-state index contributed by atoms with van der Waals surface area (Å²) in [5.41, 5.74) is 7.09. The second-order valence-corrected chi connectivity index (χ2v) is 4.72. The van der Waals surface area contributed by atoms with Crippen molar-refractivity contribution in [1.29, 1.82) is 0 Å². The van der Waals surface area contributed by atoms with Crippen molar-refractivity contribution < 1.29 is 9.47 Å². The van der Waals surface area contributed by atoms with Crippen molar-refractivity contribution >= 4 is 0 Å². The number of benzene rings is 1. The summed E-state index contributed by atoms with van der Waals surface area (Å²) in [5.74, 6) is 3.13. The van der Waals surface area contributed by atoms with Crippen LogP contribution in [0.25, 0.3) is 0 Å². The molecule has 0 bridgehead atoms. The molecule has 1 heterocycles. The Morgan fingerprint density at radius 3 is 2.88 bits per heavy atom. The van der Waals surface area contributed by atoms with Gasteiger partial charge in [0.15, 0.2) is 11.5 Å². The fourth-order valence-corrected chi connectivity index (χ4v) is 2.76. The SMILES string of the molecule is NCC1CCC(c2ccc3c(c2)OCO3)C1. The van der Waals surface area contributed by atoms with Crippen LogP contribution in [0, 0.1) is 5.92 Å². The number of rotatable bonds is 2. The highest BCUT2D eigenvalue weighted by molar-refractivity contribution is 5.45. The van der Waals surface area contributed by atoms with Gasteiger partial charge in [0.1, 0.15) is 0 Å². The summed E-state index contributed by atoms with van der Waals surface area (Å²) in [6.45, 7) is 1.18. The van der Waals surface area contributed by atoms with Crippen LogP contribution in [0.15, 0.2) is 18.2 Å². The zero-order valence-electron chi connectivity index (χ0n) is 9.32. The highest BCUT2D eigenvalue weighted by Crippen LogP contribution is 2.41. The summed E-state index contributed by atoms with van der Waals surface area (Å²) in [7, 11) is 0. The van der Waals surface area contributed by atoms with E-state index in [9.17, 15) is 0 Å². The number of hydrogen-bond acceptors (Lipinski definition) is 3. The third-order valence-electron chi connectivity index (χ3n) is 3.74. The van der Waals surface area contributed by atoms with Gasteiger partial charge in [-0.2, -0.15) is 0 Å². The standard InChI is InChI=1S/C13H17NO2/c14-7-9-1-2-10(5-9)11-3-4-12-13(6-11)16-8-15-12/h3-4,6,9-10H,1-2,5,7-8,14H2. The van der Waals surface area contributed by atoms with E-state index in [2.05, 4.69) is 12.1 Å². The van der Waals surface area contributed by atoms with Gasteiger partial charge in [-0.1, -0.05) is 6.07 Å². The molecule has 0 aromatic heterocycles. The zero-order valence-corrected chi connectivity index (χ0v) is 9.32. The Bertz CT molecular complexity index is 392. The molecule has 1 saturated carbocycles. The molecule has 86 valence electrons. The summed E-state index contributed by atoms with van der Waals surface area (Å²) < 4.78 is 10.7. The van der Waals surface area contributed by atoms with Gasteiger partial charge in [0.05, 0.1) is 0 Å². The lowest BCUT2D eigenvalue weighted by molar-refractivity contribution is 0.174. The maximum Gasteiger partial charge on any atom is 0.231 e. The number of ether oxygens (including phenoxy) is 2. The van der Waals surface area contributed by atoms with E-state index < -0.39 is 0 Å². The molecule has 2 aliphatic rings. The largest absolute Gasteiger partial charge is 0.454 e. The predicted octanol–water partition coefficient (Wildman–Crippen LogP) is 2.26. The zero-order chi connectivity index (χ0) is 11.0. The number of nitrogens with two attached hydrogens (primary N) is 1. The topological polar surface area (TPSA) is 44.5 Å². The van der Waals surface area contributed by atoms with E-state index in [1.807, 2.05) is 6.07 Å². The van der Waals surface area contributed by atoms with Gasteiger partial charge in [-0.3, -0.25) is 0 Å². The van der Waals surface area contributed by atoms with Gasteiger partial charge < -0.3 is 15.2 Å². The van der Waals surface area contributed by atoms with Crippen molar-refractivity contribution in [2.75, 3.05) is 13.3 Å². The summed E-state index contributed by atoms with van der Waals surface area (Å²) in [6.07, 6.45) is 3.73. The fourth-order valence-electron chi connectivity index (χ4n) is 2.76. The first-order valence-electron chi connectivity index (χ1n) is 5.96. The molecule has 16 heavy (non-hydrogen) atoms. The average Bonchev–Trinajstić information content (AvgIpc) is 2.96. The third-order valence-corrected chi connectivity index (χ3v) is 3.74. The molecule has 0 spiro atoms. The molecule has 3 nitrogen and oxygen atoms in total. The lowest BCUT2D eigenvalue weighted by atomic mass is 9.96. The minimum atomic E-state index is 0.356. The Balaban J connectivity index is 1.80. The Kier molecular flexibility index (Phi) is 2.48. The maximum absolute atomic E-state index is 5.72. The van der Waals surface area contributed by atoms with Gasteiger partial charge in [0, 0.05) is 0 Å². The Morgan fingerprint density at radius 1 is 1.19 bits per heavy atom. The van der Waals surface area contributed by atoms with E-state index in [0.717, 1.165) is 18.0 Å². The van der Waals surface area contributed by atoms with Crippen LogP contribution in [-0.2, 0) is 0 Å². The summed E-state index contributed by atoms with van der Waals surface area (Å²) in [4.78, 5) is 0. The molecular formula is C13H17NO2. The van der Waals surface area contributed by atoms with Crippen LogP contribution in [0.4, 0.5) is 0 Å². The summed E-state index contributed by atoms with van der Waals surface area (Å²) >= 11 is 0. The van der Waals surface area contributed by atoms with Crippen LogP contribution in [0.5, 0.6) is 11.5 Å². The van der Waals surface area contributed by atoms with Crippen LogP contribution in [0.2, 0.25) is 0 Å². The van der Waals surface area contributed by atoms with Crippen LogP contribution >= 0.6 is 0 Å². The lowest BCUT2D eigenvalue weighted by Crippen LogP contribution is -2.10. The van der Waals surface area contributed by atoms with Gasteiger partial charge in [0.25, 0.3) is 0 Å². The van der Waals surface area contributed by atoms with Crippen LogP contribution in [-0.4, -0.2) is 13.3 Å². The minimum absolute atomic E-state index is 0.356. The van der Waals surface area contributed by atoms with Crippen molar-refractivity contribution in [1.82, 2.24) is 0 Å². The molecule has 3 heteroatoms. The van der Waals surface area contributed by atoms with Gasteiger partial charge in [-0.05, 0) is 55.3 Å². The van der Waals surface area contributed by atoms with E-state index in [0.29, 0.717) is 18.6 Å². The van der Waals surface area contributed by atoms with Crippen LogP contribution in [0.3, 0.4) is 0 Å². The van der Waals surface area contributed by atoms with Gasteiger partial charge in [-0.25, -0.2) is 0 Å². The second kappa shape index (κ2) is 3.98. The van der Waals surface area contributed by atoms with Crippen molar-refractivity contribution in [2.24, 2.45) is 11.7 Å². The molecule has 0 amide bonds. The quantitative estimate of drug-likeness (QED) is 0.829. The molecular weight excluding hydrogens is 202 g/mol. The highest BCUT2D eigenvalue weighted by Gasteiger charge is 2.26. The molecule has 0 radical (unpaired) electrons. The molecule has 3 rings (SSSR count). The molecule has 0 saturated heterocycles. The average molecular weight is 219 g/mol. The minimum Gasteiger partial charge on any atom is -0.454 e. The van der Waals surface area contributed by atoms with E-state index >= 15 is 0 Å². The van der Waals surface area contributed by atoms with Crippen molar-refractivity contribution in [3.05, 3.63) is 23.8 Å². The Morgan fingerprint density at radius 2 is 2.06 bits per heavy atom. The van der Waals surface area contributed by atoms with Crippen molar-refractivity contribution in [2.45, 2.75) is 25.2 Å². The van der Waals surface area contributed by atoms with Crippen LogP contribution < -0.4 is 15.2 Å². The van der Waals surface area contributed by atoms with Crippen molar-refractivity contribution in [3.8, 4) is 11.5 Å². The van der Waals surface area contributed by atoms with Gasteiger partial charge in [-0.15, -0.1) is 0 Å². The first-order chi connectivity index (χ1) is 7.86.